The third-order valence-electron chi connectivity index (χ3n) is 5.98. The first-order valence-electron chi connectivity index (χ1n) is 10.4. The number of nitrogens with one attached hydrogen (secondary N) is 1. The molecule has 1 aromatic carbocycles. The lowest BCUT2D eigenvalue weighted by Crippen LogP contribution is -2.48. The summed E-state index contributed by atoms with van der Waals surface area (Å²) in [7, 11) is -3.09. The van der Waals surface area contributed by atoms with Gasteiger partial charge in [0, 0.05) is 39.3 Å². The third kappa shape index (κ3) is 6.55. The van der Waals surface area contributed by atoms with E-state index in [0.29, 0.717) is 37.4 Å². The fourth-order valence-corrected chi connectivity index (χ4v) is 5.34. The van der Waals surface area contributed by atoms with Crippen molar-refractivity contribution in [3.63, 3.8) is 0 Å². The van der Waals surface area contributed by atoms with Crippen molar-refractivity contribution in [2.24, 2.45) is 16.8 Å². The first kappa shape index (κ1) is 24.4. The summed E-state index contributed by atoms with van der Waals surface area (Å²) in [5.74, 6) is 2.44. The van der Waals surface area contributed by atoms with E-state index in [1.165, 1.54) is 11.8 Å². The number of likely N-dealkylation sites (tertiary alicyclic amines) is 1. The monoisotopic (exact) mass is 534 g/mol. The fourth-order valence-electron chi connectivity index (χ4n) is 4.42. The average Bonchev–Trinajstić information content (AvgIpc) is 3.15. The zero-order chi connectivity index (χ0) is 20.1. The van der Waals surface area contributed by atoms with E-state index in [1.54, 1.807) is 4.31 Å². The number of guanidine groups is 1. The van der Waals surface area contributed by atoms with Gasteiger partial charge in [-0.1, -0.05) is 37.3 Å². The molecule has 29 heavy (non-hydrogen) atoms. The van der Waals surface area contributed by atoms with E-state index in [-0.39, 0.29) is 24.0 Å². The summed E-state index contributed by atoms with van der Waals surface area (Å²) in [6, 6.07) is 10.8. The first-order valence-corrected chi connectivity index (χ1v) is 12.3. The molecule has 0 aromatic heterocycles. The van der Waals surface area contributed by atoms with Crippen molar-refractivity contribution in [3.8, 4) is 0 Å². The topological polar surface area (TPSA) is 65.0 Å². The summed E-state index contributed by atoms with van der Waals surface area (Å²) in [6.07, 6.45) is 3.31. The molecule has 1 aromatic rings. The second kappa shape index (κ2) is 10.9. The van der Waals surface area contributed by atoms with Crippen molar-refractivity contribution in [2.45, 2.75) is 32.6 Å². The Morgan fingerprint density at radius 1 is 1.17 bits per heavy atom. The van der Waals surface area contributed by atoms with Crippen molar-refractivity contribution < 1.29 is 8.42 Å². The van der Waals surface area contributed by atoms with Crippen LogP contribution < -0.4 is 5.32 Å². The van der Waals surface area contributed by atoms with Gasteiger partial charge in [-0.25, -0.2) is 12.7 Å². The molecular formula is C21H35IN4O2S. The Bertz CT molecular complexity index is 772. The van der Waals surface area contributed by atoms with Gasteiger partial charge in [0.1, 0.15) is 0 Å². The number of aliphatic imine (C=N–C) groups is 1. The molecule has 3 unspecified atom stereocenters. The summed E-state index contributed by atoms with van der Waals surface area (Å²) in [4.78, 5) is 7.25. The number of hydrogen-bond donors (Lipinski definition) is 1. The van der Waals surface area contributed by atoms with Gasteiger partial charge in [0.15, 0.2) is 5.96 Å². The summed E-state index contributed by atoms with van der Waals surface area (Å²) >= 11 is 0. The smallest absolute Gasteiger partial charge is 0.211 e. The zero-order valence-corrected chi connectivity index (χ0v) is 20.9. The first-order chi connectivity index (χ1) is 13.4. The molecule has 3 atom stereocenters. The number of benzene rings is 1. The van der Waals surface area contributed by atoms with E-state index >= 15 is 0 Å². The van der Waals surface area contributed by atoms with Gasteiger partial charge in [-0.05, 0) is 43.1 Å². The quantitative estimate of drug-likeness (QED) is 0.359. The van der Waals surface area contributed by atoms with Gasteiger partial charge in [-0.2, -0.15) is 0 Å². The van der Waals surface area contributed by atoms with Gasteiger partial charge in [-0.3, -0.25) is 4.99 Å². The molecular weight excluding hydrogens is 499 g/mol. The average molecular weight is 535 g/mol. The maximum Gasteiger partial charge on any atom is 0.211 e. The van der Waals surface area contributed by atoms with E-state index in [2.05, 4.69) is 54.4 Å². The Hall–Kier alpha value is -0.870. The second-order valence-electron chi connectivity index (χ2n) is 8.20. The normalized spacial score (nSPS) is 26.2. The van der Waals surface area contributed by atoms with Crippen LogP contribution in [0, 0.1) is 11.8 Å². The molecule has 8 heteroatoms. The molecule has 1 N–H and O–H groups in total. The molecule has 0 amide bonds. The number of piperidine rings is 1. The predicted octanol–water partition coefficient (Wildman–Crippen LogP) is 2.98. The molecule has 2 heterocycles. The van der Waals surface area contributed by atoms with Crippen LogP contribution in [0.4, 0.5) is 0 Å². The standard InChI is InChI=1S/C21H34N4O2S.HI/c1-4-22-21(23-14-18-10-13-25(16-18)28(3,26)27)24-12-11-20(17(2)15-24)19-8-6-5-7-9-19;/h5-9,17-18,20H,4,10-16H2,1-3H3,(H,22,23);1H. The molecule has 2 saturated heterocycles. The van der Waals surface area contributed by atoms with Crippen LogP contribution in [-0.2, 0) is 10.0 Å². The zero-order valence-electron chi connectivity index (χ0n) is 17.8. The SMILES string of the molecule is CCNC(=NCC1CCN(S(C)(=O)=O)C1)N1CCC(c2ccccc2)C(C)C1.I. The molecule has 0 saturated carbocycles. The van der Waals surface area contributed by atoms with Gasteiger partial charge < -0.3 is 10.2 Å². The van der Waals surface area contributed by atoms with Crippen LogP contribution in [-0.4, -0.2) is 69.1 Å². The highest BCUT2D eigenvalue weighted by molar-refractivity contribution is 14.0. The summed E-state index contributed by atoms with van der Waals surface area (Å²) in [6.45, 7) is 9.14. The lowest BCUT2D eigenvalue weighted by Gasteiger charge is -2.39. The number of hydrogen-bond acceptors (Lipinski definition) is 3. The van der Waals surface area contributed by atoms with Gasteiger partial charge in [0.2, 0.25) is 10.0 Å². The van der Waals surface area contributed by atoms with Gasteiger partial charge in [0.05, 0.1) is 6.26 Å². The number of nitrogens with zero attached hydrogens (tertiary/aromatic N) is 3. The highest BCUT2D eigenvalue weighted by atomic mass is 127. The van der Waals surface area contributed by atoms with E-state index < -0.39 is 10.0 Å². The van der Waals surface area contributed by atoms with Gasteiger partial charge in [0.25, 0.3) is 0 Å². The molecule has 6 nitrogen and oxygen atoms in total. The molecule has 0 bridgehead atoms. The van der Waals surface area contributed by atoms with Crippen LogP contribution in [0.3, 0.4) is 0 Å². The molecule has 2 fully saturated rings. The summed E-state index contributed by atoms with van der Waals surface area (Å²) in [5.41, 5.74) is 1.43. The van der Waals surface area contributed by atoms with Crippen LogP contribution >= 0.6 is 24.0 Å². The van der Waals surface area contributed by atoms with Gasteiger partial charge >= 0.3 is 0 Å². The van der Waals surface area contributed by atoms with Gasteiger partial charge in [-0.15, -0.1) is 24.0 Å². The predicted molar refractivity (Wildman–Crippen MR) is 130 cm³/mol. The highest BCUT2D eigenvalue weighted by Gasteiger charge is 2.30. The Kier molecular flexibility index (Phi) is 9.21. The lowest BCUT2D eigenvalue weighted by atomic mass is 9.82. The molecule has 0 spiro atoms. The maximum absolute atomic E-state index is 11.7. The highest BCUT2D eigenvalue weighted by Crippen LogP contribution is 2.32. The Morgan fingerprint density at radius 2 is 1.90 bits per heavy atom. The van der Waals surface area contributed by atoms with E-state index in [4.69, 9.17) is 4.99 Å². The van der Waals surface area contributed by atoms with Crippen LogP contribution in [0.15, 0.2) is 35.3 Å². The molecule has 164 valence electrons. The molecule has 3 rings (SSSR count). The largest absolute Gasteiger partial charge is 0.357 e. The van der Waals surface area contributed by atoms with Crippen LogP contribution in [0.5, 0.6) is 0 Å². The van der Waals surface area contributed by atoms with Crippen LogP contribution in [0.1, 0.15) is 38.2 Å². The fraction of sp³-hybridized carbons (Fsp3) is 0.667. The Morgan fingerprint density at radius 3 is 2.48 bits per heavy atom. The van der Waals surface area contributed by atoms with Crippen LogP contribution in [0.25, 0.3) is 0 Å². The minimum atomic E-state index is -3.09. The van der Waals surface area contributed by atoms with Crippen molar-refractivity contribution in [2.75, 3.05) is 45.5 Å². The number of halogens is 1. The second-order valence-corrected chi connectivity index (χ2v) is 10.2. The molecule has 2 aliphatic heterocycles. The van der Waals surface area contributed by atoms with Crippen LogP contribution in [0.2, 0.25) is 0 Å². The molecule has 0 aliphatic carbocycles. The van der Waals surface area contributed by atoms with Crippen molar-refractivity contribution in [1.29, 1.82) is 0 Å². The molecule has 0 radical (unpaired) electrons. The van der Waals surface area contributed by atoms with E-state index in [9.17, 15) is 8.42 Å². The lowest BCUT2D eigenvalue weighted by molar-refractivity contribution is 0.234. The maximum atomic E-state index is 11.7. The van der Waals surface area contributed by atoms with E-state index in [1.807, 2.05) is 0 Å². The summed E-state index contributed by atoms with van der Waals surface area (Å²) in [5, 5.41) is 3.44. The Balaban J connectivity index is 0.00000300. The van der Waals surface area contributed by atoms with Crippen molar-refractivity contribution >= 4 is 40.0 Å². The third-order valence-corrected chi connectivity index (χ3v) is 7.25. The minimum absolute atomic E-state index is 0. The number of sulfonamides is 1. The number of rotatable bonds is 5. The Labute approximate surface area is 193 Å². The summed E-state index contributed by atoms with van der Waals surface area (Å²) < 4.78 is 25.0. The van der Waals surface area contributed by atoms with E-state index in [0.717, 1.165) is 38.4 Å². The van der Waals surface area contributed by atoms with Crippen molar-refractivity contribution in [3.05, 3.63) is 35.9 Å². The van der Waals surface area contributed by atoms with Crippen molar-refractivity contribution in [1.82, 2.24) is 14.5 Å². The molecule has 2 aliphatic rings. The minimum Gasteiger partial charge on any atom is -0.357 e.